The van der Waals surface area contributed by atoms with Crippen LogP contribution in [0.3, 0.4) is 0 Å². The zero-order chi connectivity index (χ0) is 15.7. The van der Waals surface area contributed by atoms with Crippen LogP contribution in [0.2, 0.25) is 0 Å². The van der Waals surface area contributed by atoms with Gasteiger partial charge in [0.2, 0.25) is 0 Å². The third-order valence-electron chi connectivity index (χ3n) is 2.89. The van der Waals surface area contributed by atoms with E-state index in [0.29, 0.717) is 19.5 Å². The van der Waals surface area contributed by atoms with Gasteiger partial charge in [-0.05, 0) is 18.4 Å². The lowest BCUT2D eigenvalue weighted by Gasteiger charge is -2.20. The molecule has 7 nitrogen and oxygen atoms in total. The van der Waals surface area contributed by atoms with E-state index in [2.05, 4.69) is 5.32 Å². The molecule has 1 aromatic carbocycles. The molecule has 112 valence electrons. The summed E-state index contributed by atoms with van der Waals surface area (Å²) in [6.45, 7) is 2.92. The number of nitro groups is 1. The van der Waals surface area contributed by atoms with Crippen molar-refractivity contribution in [1.82, 2.24) is 10.2 Å². The van der Waals surface area contributed by atoms with Gasteiger partial charge in [0, 0.05) is 25.2 Å². The summed E-state index contributed by atoms with van der Waals surface area (Å²) < 4.78 is 0. The van der Waals surface area contributed by atoms with E-state index in [9.17, 15) is 14.9 Å². The minimum atomic E-state index is -0.454. The summed E-state index contributed by atoms with van der Waals surface area (Å²) in [5.41, 5.74) is 0.917. The first-order valence-corrected chi connectivity index (χ1v) is 6.71. The van der Waals surface area contributed by atoms with Crippen molar-refractivity contribution in [2.75, 3.05) is 19.6 Å². The van der Waals surface area contributed by atoms with Crippen LogP contribution in [-0.4, -0.2) is 35.5 Å². The molecule has 2 amide bonds. The van der Waals surface area contributed by atoms with Crippen LogP contribution in [0.1, 0.15) is 18.9 Å². The van der Waals surface area contributed by atoms with E-state index >= 15 is 0 Å². The number of hydrogen-bond acceptors (Lipinski definition) is 4. The number of nitro benzene ring substituents is 1. The predicted molar refractivity (Wildman–Crippen MR) is 77.7 cm³/mol. The maximum Gasteiger partial charge on any atom is 0.318 e. The highest BCUT2D eigenvalue weighted by atomic mass is 16.6. The van der Waals surface area contributed by atoms with Gasteiger partial charge in [-0.15, -0.1) is 0 Å². The quantitative estimate of drug-likeness (QED) is 0.472. The number of amides is 2. The van der Waals surface area contributed by atoms with E-state index in [1.807, 2.05) is 13.0 Å². The van der Waals surface area contributed by atoms with Gasteiger partial charge < -0.3 is 10.2 Å². The standard InChI is InChI=1S/C14H18N4O3/c1-2-9-16-14(19)17(11-8-15)10-7-12-3-5-13(6-4-12)18(20)21/h3-6H,2,7,9-11H2,1H3,(H,16,19). The van der Waals surface area contributed by atoms with Gasteiger partial charge in [0.05, 0.1) is 11.0 Å². The van der Waals surface area contributed by atoms with Crippen LogP contribution in [0, 0.1) is 21.4 Å². The minimum absolute atomic E-state index is 0.0164. The average molecular weight is 290 g/mol. The Bertz CT molecular complexity index is 522. The smallest absolute Gasteiger partial charge is 0.318 e. The average Bonchev–Trinajstić information content (AvgIpc) is 2.49. The largest absolute Gasteiger partial charge is 0.338 e. The lowest BCUT2D eigenvalue weighted by molar-refractivity contribution is -0.384. The number of carbonyl (C=O) groups is 1. The molecule has 1 aromatic rings. The fourth-order valence-electron chi connectivity index (χ4n) is 1.73. The summed E-state index contributed by atoms with van der Waals surface area (Å²) >= 11 is 0. The number of nitrogens with one attached hydrogen (secondary N) is 1. The van der Waals surface area contributed by atoms with E-state index in [-0.39, 0.29) is 18.3 Å². The van der Waals surface area contributed by atoms with Crippen molar-refractivity contribution in [3.05, 3.63) is 39.9 Å². The topological polar surface area (TPSA) is 99.3 Å². The SMILES string of the molecule is CCCNC(=O)N(CC#N)CCc1ccc([N+](=O)[O-])cc1. The Balaban J connectivity index is 2.58. The van der Waals surface area contributed by atoms with Crippen molar-refractivity contribution >= 4 is 11.7 Å². The van der Waals surface area contributed by atoms with E-state index in [0.717, 1.165) is 12.0 Å². The molecule has 0 saturated carbocycles. The highest BCUT2D eigenvalue weighted by Gasteiger charge is 2.12. The molecule has 0 unspecified atom stereocenters. The van der Waals surface area contributed by atoms with Crippen LogP contribution in [-0.2, 0) is 6.42 Å². The lowest BCUT2D eigenvalue weighted by Crippen LogP contribution is -2.41. The normalized spacial score (nSPS) is 9.71. The van der Waals surface area contributed by atoms with Crippen molar-refractivity contribution in [3.8, 4) is 6.07 Å². The molecule has 0 aliphatic carbocycles. The Kier molecular flexibility index (Phi) is 6.68. The van der Waals surface area contributed by atoms with Crippen LogP contribution in [0.4, 0.5) is 10.5 Å². The second-order valence-electron chi connectivity index (χ2n) is 4.49. The highest BCUT2D eigenvalue weighted by molar-refractivity contribution is 5.74. The number of non-ortho nitro benzene ring substituents is 1. The Labute approximate surface area is 123 Å². The number of urea groups is 1. The van der Waals surface area contributed by atoms with Crippen molar-refractivity contribution in [2.24, 2.45) is 0 Å². The molecule has 0 spiro atoms. The summed E-state index contributed by atoms with van der Waals surface area (Å²) in [5.74, 6) is 0. The molecule has 0 heterocycles. The first-order chi connectivity index (χ1) is 10.1. The number of benzene rings is 1. The fourth-order valence-corrected chi connectivity index (χ4v) is 1.73. The van der Waals surface area contributed by atoms with Gasteiger partial charge >= 0.3 is 6.03 Å². The van der Waals surface area contributed by atoms with Crippen molar-refractivity contribution in [2.45, 2.75) is 19.8 Å². The molecule has 0 aliphatic heterocycles. The van der Waals surface area contributed by atoms with Crippen LogP contribution in [0.25, 0.3) is 0 Å². The van der Waals surface area contributed by atoms with Crippen molar-refractivity contribution in [1.29, 1.82) is 5.26 Å². The molecule has 0 atom stereocenters. The van der Waals surface area contributed by atoms with E-state index in [4.69, 9.17) is 5.26 Å². The van der Waals surface area contributed by atoms with Crippen LogP contribution in [0.15, 0.2) is 24.3 Å². The van der Waals surface area contributed by atoms with E-state index < -0.39 is 4.92 Å². The summed E-state index contributed by atoms with van der Waals surface area (Å²) in [6.07, 6.45) is 1.37. The third kappa shape index (κ3) is 5.48. The molecule has 0 aliphatic rings. The van der Waals surface area contributed by atoms with Crippen LogP contribution >= 0.6 is 0 Å². The first kappa shape index (κ1) is 16.4. The van der Waals surface area contributed by atoms with Gasteiger partial charge in [-0.2, -0.15) is 5.26 Å². The molecule has 0 radical (unpaired) electrons. The zero-order valence-corrected chi connectivity index (χ0v) is 11.9. The monoisotopic (exact) mass is 290 g/mol. The van der Waals surface area contributed by atoms with Crippen molar-refractivity contribution < 1.29 is 9.72 Å². The van der Waals surface area contributed by atoms with E-state index in [1.165, 1.54) is 17.0 Å². The first-order valence-electron chi connectivity index (χ1n) is 6.71. The fraction of sp³-hybridized carbons (Fsp3) is 0.429. The predicted octanol–water partition coefficient (Wildman–Crippen LogP) is 2.08. The molecule has 7 heteroatoms. The number of rotatable bonds is 7. The molecule has 0 bridgehead atoms. The van der Waals surface area contributed by atoms with Gasteiger partial charge in [-0.25, -0.2) is 4.79 Å². The van der Waals surface area contributed by atoms with Gasteiger partial charge in [0.15, 0.2) is 0 Å². The summed E-state index contributed by atoms with van der Waals surface area (Å²) in [4.78, 5) is 23.4. The van der Waals surface area contributed by atoms with Gasteiger partial charge in [-0.3, -0.25) is 10.1 Å². The Morgan fingerprint density at radius 3 is 2.62 bits per heavy atom. The van der Waals surface area contributed by atoms with E-state index in [1.54, 1.807) is 12.1 Å². The number of nitrogens with zero attached hydrogens (tertiary/aromatic N) is 3. The Hall–Kier alpha value is -2.62. The Morgan fingerprint density at radius 1 is 1.43 bits per heavy atom. The maximum atomic E-state index is 11.8. The number of hydrogen-bond donors (Lipinski definition) is 1. The molecule has 0 fully saturated rings. The zero-order valence-electron chi connectivity index (χ0n) is 11.9. The van der Waals surface area contributed by atoms with Gasteiger partial charge in [0.25, 0.3) is 5.69 Å². The summed E-state index contributed by atoms with van der Waals surface area (Å²) in [5, 5.41) is 22.0. The molecule has 21 heavy (non-hydrogen) atoms. The molecule has 0 saturated heterocycles. The second-order valence-corrected chi connectivity index (χ2v) is 4.49. The lowest BCUT2D eigenvalue weighted by atomic mass is 10.1. The summed E-state index contributed by atoms with van der Waals surface area (Å²) in [6, 6.07) is 7.88. The Morgan fingerprint density at radius 2 is 2.10 bits per heavy atom. The van der Waals surface area contributed by atoms with Gasteiger partial charge in [0.1, 0.15) is 6.54 Å². The molecule has 1 N–H and O–H groups in total. The van der Waals surface area contributed by atoms with Gasteiger partial charge in [-0.1, -0.05) is 19.1 Å². The maximum absolute atomic E-state index is 11.8. The van der Waals surface area contributed by atoms with Crippen LogP contribution < -0.4 is 5.32 Å². The third-order valence-corrected chi connectivity index (χ3v) is 2.89. The molecular weight excluding hydrogens is 272 g/mol. The number of carbonyl (C=O) groups excluding carboxylic acids is 1. The molecule has 1 rings (SSSR count). The number of nitriles is 1. The minimum Gasteiger partial charge on any atom is -0.338 e. The molecular formula is C14H18N4O3. The summed E-state index contributed by atoms with van der Waals surface area (Å²) in [7, 11) is 0. The highest BCUT2D eigenvalue weighted by Crippen LogP contribution is 2.12. The molecule has 0 aromatic heterocycles. The van der Waals surface area contributed by atoms with Crippen molar-refractivity contribution in [3.63, 3.8) is 0 Å². The van der Waals surface area contributed by atoms with Crippen LogP contribution in [0.5, 0.6) is 0 Å². The second kappa shape index (κ2) is 8.53.